The summed E-state index contributed by atoms with van der Waals surface area (Å²) in [5.74, 6) is 0.374. The van der Waals surface area contributed by atoms with E-state index in [0.29, 0.717) is 11.9 Å². The normalized spacial score (nSPS) is 24.4. The van der Waals surface area contributed by atoms with Crippen LogP contribution in [0.5, 0.6) is 0 Å². The summed E-state index contributed by atoms with van der Waals surface area (Å²) in [7, 11) is 2.00. The molecule has 3 rings (SSSR count). The number of carbonyl (C=O) groups is 1. The molecule has 4 heteroatoms. The molecule has 0 aromatic heterocycles. The number of thioether (sulfide) groups is 1. The van der Waals surface area contributed by atoms with E-state index in [4.69, 9.17) is 0 Å². The standard InChI is InChI=1S/C18H26N2OS/c1-19-15-8-7-13-20(14-15)17(21)18(11-5-6-12-18)22-16-9-3-2-4-10-16/h2-4,9-10,15,19H,5-8,11-14H2,1H3. The molecule has 1 aliphatic heterocycles. The van der Waals surface area contributed by atoms with Crippen molar-refractivity contribution >= 4 is 17.7 Å². The molecule has 2 aliphatic rings. The van der Waals surface area contributed by atoms with Crippen molar-refractivity contribution in [2.24, 2.45) is 0 Å². The summed E-state index contributed by atoms with van der Waals surface area (Å²) in [6, 6.07) is 10.9. The predicted octanol–water partition coefficient (Wildman–Crippen LogP) is 3.30. The Balaban J connectivity index is 1.76. The molecule has 1 atom stereocenters. The summed E-state index contributed by atoms with van der Waals surface area (Å²) >= 11 is 1.80. The molecule has 1 unspecified atom stereocenters. The van der Waals surface area contributed by atoms with Gasteiger partial charge in [0.05, 0.1) is 4.75 Å². The van der Waals surface area contributed by atoms with Crippen LogP contribution in [0.2, 0.25) is 0 Å². The van der Waals surface area contributed by atoms with Gasteiger partial charge in [0, 0.05) is 24.0 Å². The third kappa shape index (κ3) is 3.33. The molecule has 1 aromatic rings. The van der Waals surface area contributed by atoms with Gasteiger partial charge < -0.3 is 10.2 Å². The SMILES string of the molecule is CNC1CCCN(C(=O)C2(Sc3ccccc3)CCCC2)C1. The Morgan fingerprint density at radius 2 is 1.95 bits per heavy atom. The van der Waals surface area contributed by atoms with Crippen LogP contribution >= 0.6 is 11.8 Å². The van der Waals surface area contributed by atoms with Crippen LogP contribution in [0.25, 0.3) is 0 Å². The molecule has 1 aliphatic carbocycles. The van der Waals surface area contributed by atoms with E-state index in [2.05, 4.69) is 34.5 Å². The maximum absolute atomic E-state index is 13.3. The van der Waals surface area contributed by atoms with Crippen molar-refractivity contribution in [1.29, 1.82) is 0 Å². The van der Waals surface area contributed by atoms with Crippen LogP contribution in [0.15, 0.2) is 35.2 Å². The van der Waals surface area contributed by atoms with Crippen LogP contribution in [0.1, 0.15) is 38.5 Å². The Morgan fingerprint density at radius 1 is 1.23 bits per heavy atom. The molecule has 22 heavy (non-hydrogen) atoms. The first-order valence-corrected chi connectivity index (χ1v) is 9.26. The lowest BCUT2D eigenvalue weighted by Crippen LogP contribution is -2.52. The van der Waals surface area contributed by atoms with Gasteiger partial charge in [0.15, 0.2) is 0 Å². The number of carbonyl (C=O) groups excluding carboxylic acids is 1. The first kappa shape index (κ1) is 15.9. The van der Waals surface area contributed by atoms with E-state index in [1.165, 1.54) is 24.2 Å². The Bertz CT molecular complexity index is 499. The molecule has 1 saturated heterocycles. The fraction of sp³-hybridized carbons (Fsp3) is 0.611. The van der Waals surface area contributed by atoms with Gasteiger partial charge in [0.25, 0.3) is 0 Å². The smallest absolute Gasteiger partial charge is 0.239 e. The van der Waals surface area contributed by atoms with Crippen LogP contribution in [-0.2, 0) is 4.79 Å². The minimum atomic E-state index is -0.225. The van der Waals surface area contributed by atoms with Gasteiger partial charge in [-0.15, -0.1) is 11.8 Å². The number of piperidine rings is 1. The van der Waals surface area contributed by atoms with Crippen molar-refractivity contribution in [2.75, 3.05) is 20.1 Å². The lowest BCUT2D eigenvalue weighted by molar-refractivity contribution is -0.135. The van der Waals surface area contributed by atoms with Crippen LogP contribution < -0.4 is 5.32 Å². The van der Waals surface area contributed by atoms with E-state index in [1.54, 1.807) is 11.8 Å². The molecule has 1 N–H and O–H groups in total. The first-order chi connectivity index (χ1) is 10.7. The monoisotopic (exact) mass is 318 g/mol. The molecule has 1 aromatic carbocycles. The highest BCUT2D eigenvalue weighted by atomic mass is 32.2. The second-order valence-electron chi connectivity index (χ2n) is 6.50. The molecule has 1 heterocycles. The van der Waals surface area contributed by atoms with Crippen molar-refractivity contribution in [2.45, 2.75) is 54.2 Å². The fourth-order valence-electron chi connectivity index (χ4n) is 3.71. The number of likely N-dealkylation sites (tertiary alicyclic amines) is 1. The van der Waals surface area contributed by atoms with Crippen molar-refractivity contribution in [1.82, 2.24) is 10.2 Å². The summed E-state index contributed by atoms with van der Waals surface area (Å²) in [6.45, 7) is 1.79. The maximum Gasteiger partial charge on any atom is 0.239 e. The number of amides is 1. The molecule has 0 spiro atoms. The van der Waals surface area contributed by atoms with Gasteiger partial charge in [-0.1, -0.05) is 31.0 Å². The molecule has 1 saturated carbocycles. The van der Waals surface area contributed by atoms with Crippen molar-refractivity contribution in [3.63, 3.8) is 0 Å². The Morgan fingerprint density at radius 3 is 2.64 bits per heavy atom. The summed E-state index contributed by atoms with van der Waals surface area (Å²) < 4.78 is -0.225. The number of benzene rings is 1. The second-order valence-corrected chi connectivity index (χ2v) is 7.95. The predicted molar refractivity (Wildman–Crippen MR) is 92.2 cm³/mol. The second kappa shape index (κ2) is 7.05. The van der Waals surface area contributed by atoms with Gasteiger partial charge in [-0.3, -0.25) is 4.79 Å². The Labute approximate surface area is 137 Å². The van der Waals surface area contributed by atoms with E-state index in [-0.39, 0.29) is 4.75 Å². The minimum Gasteiger partial charge on any atom is -0.340 e. The fourth-order valence-corrected chi connectivity index (χ4v) is 5.16. The molecular formula is C18H26N2OS. The summed E-state index contributed by atoms with van der Waals surface area (Å²) in [6.07, 6.45) is 6.68. The van der Waals surface area contributed by atoms with Gasteiger partial charge in [-0.25, -0.2) is 0 Å². The highest BCUT2D eigenvalue weighted by Gasteiger charge is 2.45. The average Bonchev–Trinajstić information content (AvgIpc) is 3.05. The Kier molecular flexibility index (Phi) is 5.09. The van der Waals surface area contributed by atoms with Gasteiger partial charge in [-0.05, 0) is 44.9 Å². The van der Waals surface area contributed by atoms with Gasteiger partial charge in [0.1, 0.15) is 0 Å². The van der Waals surface area contributed by atoms with Crippen LogP contribution in [0.4, 0.5) is 0 Å². The third-order valence-corrected chi connectivity index (χ3v) is 6.46. The molecule has 120 valence electrons. The lowest BCUT2D eigenvalue weighted by Gasteiger charge is -2.38. The van der Waals surface area contributed by atoms with Gasteiger partial charge in [-0.2, -0.15) is 0 Å². The van der Waals surface area contributed by atoms with E-state index < -0.39 is 0 Å². The van der Waals surface area contributed by atoms with E-state index >= 15 is 0 Å². The number of rotatable bonds is 4. The summed E-state index contributed by atoms with van der Waals surface area (Å²) in [5, 5.41) is 3.34. The molecular weight excluding hydrogens is 292 g/mol. The zero-order valence-electron chi connectivity index (χ0n) is 13.4. The summed E-state index contributed by atoms with van der Waals surface area (Å²) in [5.41, 5.74) is 0. The van der Waals surface area contributed by atoms with E-state index in [1.807, 2.05) is 13.1 Å². The molecule has 1 amide bonds. The van der Waals surface area contributed by atoms with Crippen LogP contribution in [0, 0.1) is 0 Å². The van der Waals surface area contributed by atoms with Crippen molar-refractivity contribution in [3.8, 4) is 0 Å². The highest BCUT2D eigenvalue weighted by Crippen LogP contribution is 2.46. The minimum absolute atomic E-state index is 0.225. The quantitative estimate of drug-likeness (QED) is 0.924. The molecule has 0 radical (unpaired) electrons. The first-order valence-electron chi connectivity index (χ1n) is 8.44. The topological polar surface area (TPSA) is 32.3 Å². The number of nitrogens with one attached hydrogen (secondary N) is 1. The Hall–Kier alpha value is -1.00. The van der Waals surface area contributed by atoms with Gasteiger partial charge in [0.2, 0.25) is 5.91 Å². The van der Waals surface area contributed by atoms with E-state index in [9.17, 15) is 4.79 Å². The lowest BCUT2D eigenvalue weighted by atomic mass is 10.0. The third-order valence-electron chi connectivity index (χ3n) is 4.97. The highest BCUT2D eigenvalue weighted by molar-refractivity contribution is 8.01. The largest absolute Gasteiger partial charge is 0.340 e. The average molecular weight is 318 g/mol. The number of hydrogen-bond acceptors (Lipinski definition) is 3. The maximum atomic E-state index is 13.3. The number of nitrogens with zero attached hydrogens (tertiary/aromatic N) is 1. The van der Waals surface area contributed by atoms with Crippen molar-refractivity contribution in [3.05, 3.63) is 30.3 Å². The molecule has 3 nitrogen and oxygen atoms in total. The number of hydrogen-bond donors (Lipinski definition) is 1. The van der Waals surface area contributed by atoms with E-state index in [0.717, 1.165) is 32.4 Å². The summed E-state index contributed by atoms with van der Waals surface area (Å²) in [4.78, 5) is 16.6. The zero-order valence-corrected chi connectivity index (χ0v) is 14.2. The zero-order chi connectivity index (χ0) is 15.4. The molecule has 0 bridgehead atoms. The van der Waals surface area contributed by atoms with Crippen LogP contribution in [-0.4, -0.2) is 41.7 Å². The molecule has 2 fully saturated rings. The van der Waals surface area contributed by atoms with Crippen LogP contribution in [0.3, 0.4) is 0 Å². The van der Waals surface area contributed by atoms with Gasteiger partial charge >= 0.3 is 0 Å². The number of likely N-dealkylation sites (N-methyl/N-ethyl adjacent to an activating group) is 1. The van der Waals surface area contributed by atoms with Crippen molar-refractivity contribution < 1.29 is 4.79 Å².